The van der Waals surface area contributed by atoms with Gasteiger partial charge in [0.05, 0.1) is 0 Å². The Morgan fingerprint density at radius 1 is 1.27 bits per heavy atom. The van der Waals surface area contributed by atoms with Gasteiger partial charge in [-0.1, -0.05) is 26.0 Å². The van der Waals surface area contributed by atoms with Gasteiger partial charge in [0.2, 0.25) is 0 Å². The molecule has 0 unspecified atom stereocenters. The van der Waals surface area contributed by atoms with Crippen LogP contribution < -0.4 is 4.74 Å². The number of hydrogen-bond donors (Lipinski definition) is 2. The summed E-state index contributed by atoms with van der Waals surface area (Å²) in [5.41, 5.74) is 4.19. The first kappa shape index (κ1) is 13.9. The van der Waals surface area contributed by atoms with Crippen molar-refractivity contribution in [3.8, 4) is 11.5 Å². The number of benzene rings is 2. The highest BCUT2D eigenvalue weighted by molar-refractivity contribution is 5.99. The summed E-state index contributed by atoms with van der Waals surface area (Å²) in [6, 6.07) is 4.20. The third kappa shape index (κ3) is 1.66. The van der Waals surface area contributed by atoms with Gasteiger partial charge in [-0.15, -0.1) is 0 Å². The van der Waals surface area contributed by atoms with Crippen molar-refractivity contribution in [3.63, 3.8) is 0 Å². The molecule has 0 fully saturated rings. The molecule has 1 aliphatic carbocycles. The Kier molecular flexibility index (Phi) is 2.77. The molecule has 2 aromatic carbocycles. The molecule has 2 aromatic rings. The molecule has 22 heavy (non-hydrogen) atoms. The van der Waals surface area contributed by atoms with Crippen LogP contribution in [0.5, 0.6) is 11.5 Å². The van der Waals surface area contributed by atoms with E-state index >= 15 is 0 Å². The van der Waals surface area contributed by atoms with Crippen LogP contribution in [0.25, 0.3) is 10.8 Å². The van der Waals surface area contributed by atoms with E-state index in [0.717, 1.165) is 46.7 Å². The van der Waals surface area contributed by atoms with E-state index in [-0.39, 0.29) is 17.8 Å². The molecule has 3 nitrogen and oxygen atoms in total. The lowest BCUT2D eigenvalue weighted by Crippen LogP contribution is -2.26. The molecule has 116 valence electrons. The first-order valence-corrected chi connectivity index (χ1v) is 8.04. The minimum atomic E-state index is -0.620. The molecule has 3 heteroatoms. The molecule has 0 saturated heterocycles. The van der Waals surface area contributed by atoms with Crippen LogP contribution in [0.4, 0.5) is 0 Å². The molecule has 0 radical (unpaired) electrons. The van der Waals surface area contributed by atoms with Crippen molar-refractivity contribution in [2.24, 2.45) is 0 Å². The Bertz CT molecular complexity index is 789. The summed E-state index contributed by atoms with van der Waals surface area (Å²) in [4.78, 5) is 0. The van der Waals surface area contributed by atoms with Crippen LogP contribution in [0, 0.1) is 6.92 Å². The lowest BCUT2D eigenvalue weighted by Gasteiger charge is -2.36. The van der Waals surface area contributed by atoms with Gasteiger partial charge >= 0.3 is 0 Å². The fourth-order valence-corrected chi connectivity index (χ4v) is 4.37. The number of aliphatic hydroxyl groups is 1. The van der Waals surface area contributed by atoms with Gasteiger partial charge in [-0.05, 0) is 53.7 Å². The number of phenols is 1. The molecule has 4 rings (SSSR count). The second-order valence-corrected chi connectivity index (χ2v) is 7.31. The van der Waals surface area contributed by atoms with Gasteiger partial charge < -0.3 is 14.9 Å². The first-order valence-electron chi connectivity index (χ1n) is 8.04. The van der Waals surface area contributed by atoms with Crippen molar-refractivity contribution in [2.75, 3.05) is 6.61 Å². The van der Waals surface area contributed by atoms with E-state index in [2.05, 4.69) is 26.0 Å². The molecular formula is C19H22O3. The highest BCUT2D eigenvalue weighted by Crippen LogP contribution is 2.53. The Hall–Kier alpha value is -1.74. The molecule has 0 spiro atoms. The van der Waals surface area contributed by atoms with Crippen LogP contribution in [0.2, 0.25) is 0 Å². The zero-order valence-electron chi connectivity index (χ0n) is 13.4. The van der Waals surface area contributed by atoms with Gasteiger partial charge in [0.15, 0.2) is 11.5 Å². The summed E-state index contributed by atoms with van der Waals surface area (Å²) in [7, 11) is 0. The van der Waals surface area contributed by atoms with E-state index in [1.165, 1.54) is 5.56 Å². The molecule has 1 aliphatic heterocycles. The number of ether oxygens (including phenoxy) is 1. The minimum Gasteiger partial charge on any atom is -0.504 e. The topological polar surface area (TPSA) is 49.7 Å². The quantitative estimate of drug-likeness (QED) is 0.775. The molecule has 0 saturated carbocycles. The maximum atomic E-state index is 10.9. The Morgan fingerprint density at radius 2 is 2.05 bits per heavy atom. The standard InChI is InChI=1S/C19H22O3/c1-10-6-7-11-12-5-4-8-19(2,3)16(12)17(21)18-15(11)14(10)13(20)9-22-18/h6-7,13,20-21H,4-5,8-9H2,1-3H3/t13-/m1/s1. The van der Waals surface area contributed by atoms with Crippen molar-refractivity contribution in [2.45, 2.75) is 51.6 Å². The highest BCUT2D eigenvalue weighted by atomic mass is 16.5. The average molecular weight is 298 g/mol. The molecule has 2 aliphatic rings. The van der Waals surface area contributed by atoms with Gasteiger partial charge in [-0.2, -0.15) is 0 Å². The number of rotatable bonds is 0. The summed E-state index contributed by atoms with van der Waals surface area (Å²) in [6.45, 7) is 6.60. The van der Waals surface area contributed by atoms with E-state index in [0.29, 0.717) is 5.75 Å². The normalized spacial score (nSPS) is 22.3. The van der Waals surface area contributed by atoms with E-state index in [9.17, 15) is 10.2 Å². The Balaban J connectivity index is 2.20. The third-order valence-corrected chi connectivity index (χ3v) is 5.39. The number of phenolic OH excluding ortho intramolecular Hbond substituents is 1. The first-order chi connectivity index (χ1) is 10.4. The van der Waals surface area contributed by atoms with Crippen LogP contribution in [-0.2, 0) is 11.8 Å². The van der Waals surface area contributed by atoms with Crippen LogP contribution in [0.3, 0.4) is 0 Å². The maximum absolute atomic E-state index is 10.9. The van der Waals surface area contributed by atoms with Gasteiger partial charge in [0.1, 0.15) is 12.7 Å². The summed E-state index contributed by atoms with van der Waals surface area (Å²) in [5, 5.41) is 23.3. The van der Waals surface area contributed by atoms with Gasteiger partial charge in [0.25, 0.3) is 0 Å². The summed E-state index contributed by atoms with van der Waals surface area (Å²) in [6.07, 6.45) is 2.55. The van der Waals surface area contributed by atoms with E-state index < -0.39 is 6.10 Å². The minimum absolute atomic E-state index is 0.0488. The lowest BCUT2D eigenvalue weighted by atomic mass is 9.70. The van der Waals surface area contributed by atoms with Crippen molar-refractivity contribution < 1.29 is 14.9 Å². The van der Waals surface area contributed by atoms with Gasteiger partial charge in [-0.25, -0.2) is 0 Å². The molecule has 0 amide bonds. The van der Waals surface area contributed by atoms with Crippen molar-refractivity contribution in [1.29, 1.82) is 0 Å². The predicted octanol–water partition coefficient (Wildman–Crippen LogP) is 3.89. The van der Waals surface area contributed by atoms with E-state index in [1.54, 1.807) is 0 Å². The summed E-state index contributed by atoms with van der Waals surface area (Å²) >= 11 is 0. The Labute approximate surface area is 130 Å². The fraction of sp³-hybridized carbons (Fsp3) is 0.474. The molecule has 2 N–H and O–H groups in total. The lowest BCUT2D eigenvalue weighted by molar-refractivity contribution is 0.101. The zero-order chi connectivity index (χ0) is 15.6. The van der Waals surface area contributed by atoms with Crippen LogP contribution in [0.1, 0.15) is 55.0 Å². The summed E-state index contributed by atoms with van der Waals surface area (Å²) < 4.78 is 5.75. The van der Waals surface area contributed by atoms with Crippen molar-refractivity contribution in [1.82, 2.24) is 0 Å². The van der Waals surface area contributed by atoms with Crippen LogP contribution >= 0.6 is 0 Å². The number of hydrogen-bond acceptors (Lipinski definition) is 3. The highest BCUT2D eigenvalue weighted by Gasteiger charge is 2.36. The van der Waals surface area contributed by atoms with E-state index in [1.807, 2.05) is 6.92 Å². The van der Waals surface area contributed by atoms with Crippen molar-refractivity contribution in [3.05, 3.63) is 34.4 Å². The molecule has 0 aromatic heterocycles. The van der Waals surface area contributed by atoms with Crippen LogP contribution in [-0.4, -0.2) is 16.8 Å². The van der Waals surface area contributed by atoms with Gasteiger partial charge in [-0.3, -0.25) is 0 Å². The molecule has 1 heterocycles. The number of aryl methyl sites for hydroxylation is 2. The van der Waals surface area contributed by atoms with Gasteiger partial charge in [0, 0.05) is 10.9 Å². The molecular weight excluding hydrogens is 276 g/mol. The number of aromatic hydroxyl groups is 1. The smallest absolute Gasteiger partial charge is 0.169 e. The SMILES string of the molecule is Cc1ccc2c3c(c(O)c4c2c1[C@H](O)CO4)C(C)(C)CCC3. The number of fused-ring (bicyclic) bond motifs is 2. The molecule has 1 atom stereocenters. The predicted molar refractivity (Wildman–Crippen MR) is 86.8 cm³/mol. The number of aliphatic hydroxyl groups excluding tert-OH is 1. The second kappa shape index (κ2) is 4.39. The third-order valence-electron chi connectivity index (χ3n) is 5.39. The summed E-state index contributed by atoms with van der Waals surface area (Å²) in [5.74, 6) is 0.846. The molecule has 0 bridgehead atoms. The fourth-order valence-electron chi connectivity index (χ4n) is 4.37. The van der Waals surface area contributed by atoms with E-state index in [4.69, 9.17) is 4.74 Å². The second-order valence-electron chi connectivity index (χ2n) is 7.31. The van der Waals surface area contributed by atoms with Crippen molar-refractivity contribution >= 4 is 10.8 Å². The zero-order valence-corrected chi connectivity index (χ0v) is 13.4. The monoisotopic (exact) mass is 298 g/mol. The Morgan fingerprint density at radius 3 is 2.82 bits per heavy atom. The van der Waals surface area contributed by atoms with Crippen LogP contribution in [0.15, 0.2) is 12.1 Å². The maximum Gasteiger partial charge on any atom is 0.169 e. The largest absolute Gasteiger partial charge is 0.504 e. The average Bonchev–Trinajstić information content (AvgIpc) is 2.45.